The van der Waals surface area contributed by atoms with Crippen molar-refractivity contribution in [3.63, 3.8) is 0 Å². The number of imidazole rings is 1. The molecule has 0 atom stereocenters. The molecular formula is C11H13N3. The number of aryl methyl sites for hydroxylation is 1. The zero-order chi connectivity index (χ0) is 9.97. The van der Waals surface area contributed by atoms with Crippen LogP contribution in [0.15, 0.2) is 36.8 Å². The highest BCUT2D eigenvalue weighted by Crippen LogP contribution is 2.07. The first-order valence-corrected chi connectivity index (χ1v) is 4.57. The molecule has 0 aliphatic rings. The van der Waals surface area contributed by atoms with Gasteiger partial charge in [0.1, 0.15) is 5.82 Å². The van der Waals surface area contributed by atoms with Crippen LogP contribution < -0.4 is 5.73 Å². The van der Waals surface area contributed by atoms with Gasteiger partial charge >= 0.3 is 0 Å². The Morgan fingerprint density at radius 1 is 1.43 bits per heavy atom. The summed E-state index contributed by atoms with van der Waals surface area (Å²) in [5, 5.41) is 0. The number of nitrogen functional groups attached to an aromatic ring is 1. The summed E-state index contributed by atoms with van der Waals surface area (Å²) in [7, 11) is 0. The van der Waals surface area contributed by atoms with E-state index in [4.69, 9.17) is 5.73 Å². The summed E-state index contributed by atoms with van der Waals surface area (Å²) >= 11 is 0. The SMILES string of the molecule is Cc1cccc(Cn2cnc(N)c2)c1. The van der Waals surface area contributed by atoms with E-state index in [-0.39, 0.29) is 0 Å². The molecular weight excluding hydrogens is 174 g/mol. The number of nitrogens with two attached hydrogens (primary N) is 1. The molecule has 0 radical (unpaired) electrons. The summed E-state index contributed by atoms with van der Waals surface area (Å²) < 4.78 is 1.98. The fourth-order valence-corrected chi connectivity index (χ4v) is 1.49. The van der Waals surface area contributed by atoms with Crippen LogP contribution in [0, 0.1) is 6.92 Å². The van der Waals surface area contributed by atoms with Crippen LogP contribution in [0.25, 0.3) is 0 Å². The summed E-state index contributed by atoms with van der Waals surface area (Å²) in [4.78, 5) is 3.98. The van der Waals surface area contributed by atoms with Crippen molar-refractivity contribution in [2.75, 3.05) is 5.73 Å². The summed E-state index contributed by atoms with van der Waals surface area (Å²) in [6.07, 6.45) is 3.58. The van der Waals surface area contributed by atoms with Gasteiger partial charge in [0.25, 0.3) is 0 Å². The minimum absolute atomic E-state index is 0.567. The molecule has 2 N–H and O–H groups in total. The van der Waals surface area contributed by atoms with Crippen molar-refractivity contribution in [3.8, 4) is 0 Å². The van der Waals surface area contributed by atoms with Crippen LogP contribution in [-0.4, -0.2) is 9.55 Å². The molecule has 1 aromatic heterocycles. The van der Waals surface area contributed by atoms with E-state index in [1.165, 1.54) is 11.1 Å². The summed E-state index contributed by atoms with van der Waals surface area (Å²) in [5.41, 5.74) is 8.07. The Kier molecular flexibility index (Phi) is 2.23. The molecule has 0 spiro atoms. The molecule has 1 aromatic carbocycles. The van der Waals surface area contributed by atoms with E-state index in [0.717, 1.165) is 6.54 Å². The van der Waals surface area contributed by atoms with Crippen molar-refractivity contribution < 1.29 is 0 Å². The van der Waals surface area contributed by atoms with Crippen LogP contribution in [0.5, 0.6) is 0 Å². The molecule has 0 amide bonds. The van der Waals surface area contributed by atoms with E-state index in [1.54, 1.807) is 6.33 Å². The third kappa shape index (κ3) is 1.93. The molecule has 0 bridgehead atoms. The van der Waals surface area contributed by atoms with E-state index < -0.39 is 0 Å². The molecule has 14 heavy (non-hydrogen) atoms. The summed E-state index contributed by atoms with van der Waals surface area (Å²) in [5.74, 6) is 0.567. The normalized spacial score (nSPS) is 10.4. The zero-order valence-electron chi connectivity index (χ0n) is 8.14. The van der Waals surface area contributed by atoms with Crippen molar-refractivity contribution >= 4 is 5.82 Å². The van der Waals surface area contributed by atoms with E-state index in [9.17, 15) is 0 Å². The predicted molar refractivity (Wildman–Crippen MR) is 56.9 cm³/mol. The standard InChI is InChI=1S/C11H13N3/c1-9-3-2-4-10(5-9)6-14-7-11(12)13-8-14/h2-5,7-8H,6,12H2,1H3. The molecule has 1 heterocycles. The van der Waals surface area contributed by atoms with Gasteiger partial charge < -0.3 is 10.3 Å². The van der Waals surface area contributed by atoms with Gasteiger partial charge in [-0.15, -0.1) is 0 Å². The summed E-state index contributed by atoms with van der Waals surface area (Å²) in [6.45, 7) is 2.91. The van der Waals surface area contributed by atoms with Gasteiger partial charge in [0.05, 0.1) is 6.33 Å². The van der Waals surface area contributed by atoms with Gasteiger partial charge in [-0.3, -0.25) is 0 Å². The van der Waals surface area contributed by atoms with E-state index >= 15 is 0 Å². The van der Waals surface area contributed by atoms with Crippen molar-refractivity contribution in [3.05, 3.63) is 47.9 Å². The lowest BCUT2D eigenvalue weighted by molar-refractivity contribution is 0.797. The van der Waals surface area contributed by atoms with Crippen molar-refractivity contribution in [2.45, 2.75) is 13.5 Å². The lowest BCUT2D eigenvalue weighted by Crippen LogP contribution is -1.96. The van der Waals surface area contributed by atoms with Crippen LogP contribution in [-0.2, 0) is 6.54 Å². The van der Waals surface area contributed by atoms with Crippen molar-refractivity contribution in [1.29, 1.82) is 0 Å². The van der Waals surface area contributed by atoms with Crippen LogP contribution >= 0.6 is 0 Å². The minimum atomic E-state index is 0.567. The fraction of sp³-hybridized carbons (Fsp3) is 0.182. The first-order valence-electron chi connectivity index (χ1n) is 4.57. The maximum Gasteiger partial charge on any atom is 0.141 e. The quantitative estimate of drug-likeness (QED) is 0.779. The molecule has 0 fully saturated rings. The van der Waals surface area contributed by atoms with Gasteiger partial charge in [0.15, 0.2) is 0 Å². The van der Waals surface area contributed by atoms with Crippen LogP contribution in [0.4, 0.5) is 5.82 Å². The molecule has 0 aliphatic carbocycles. The summed E-state index contributed by atoms with van der Waals surface area (Å²) in [6, 6.07) is 8.41. The Labute approximate surface area is 83.2 Å². The first-order chi connectivity index (χ1) is 6.74. The molecule has 3 heteroatoms. The predicted octanol–water partition coefficient (Wildman–Crippen LogP) is 1.82. The lowest BCUT2D eigenvalue weighted by atomic mass is 10.1. The van der Waals surface area contributed by atoms with Gasteiger partial charge in [-0.05, 0) is 12.5 Å². The minimum Gasteiger partial charge on any atom is -0.382 e. The highest BCUT2D eigenvalue weighted by molar-refractivity contribution is 5.25. The second-order valence-electron chi connectivity index (χ2n) is 3.46. The maximum absolute atomic E-state index is 5.53. The molecule has 72 valence electrons. The van der Waals surface area contributed by atoms with Crippen LogP contribution in [0.1, 0.15) is 11.1 Å². The van der Waals surface area contributed by atoms with E-state index in [1.807, 2.05) is 10.8 Å². The number of nitrogens with zero attached hydrogens (tertiary/aromatic N) is 2. The van der Waals surface area contributed by atoms with Crippen molar-refractivity contribution in [1.82, 2.24) is 9.55 Å². The van der Waals surface area contributed by atoms with Gasteiger partial charge in [0.2, 0.25) is 0 Å². The lowest BCUT2D eigenvalue weighted by Gasteiger charge is -2.02. The maximum atomic E-state index is 5.53. The molecule has 0 unspecified atom stereocenters. The molecule has 0 saturated carbocycles. The number of anilines is 1. The number of hydrogen-bond acceptors (Lipinski definition) is 2. The fourth-order valence-electron chi connectivity index (χ4n) is 1.49. The monoisotopic (exact) mass is 187 g/mol. The van der Waals surface area contributed by atoms with Crippen molar-refractivity contribution in [2.24, 2.45) is 0 Å². The Hall–Kier alpha value is -1.77. The van der Waals surface area contributed by atoms with Gasteiger partial charge in [-0.1, -0.05) is 29.8 Å². The molecule has 2 aromatic rings. The van der Waals surface area contributed by atoms with Crippen LogP contribution in [0.2, 0.25) is 0 Å². The smallest absolute Gasteiger partial charge is 0.141 e. The third-order valence-electron chi connectivity index (χ3n) is 2.10. The first kappa shape index (κ1) is 8.81. The number of rotatable bonds is 2. The van der Waals surface area contributed by atoms with Gasteiger partial charge in [-0.2, -0.15) is 0 Å². The Morgan fingerprint density at radius 2 is 2.29 bits per heavy atom. The topological polar surface area (TPSA) is 43.8 Å². The number of hydrogen-bond donors (Lipinski definition) is 1. The molecule has 0 aliphatic heterocycles. The second-order valence-corrected chi connectivity index (χ2v) is 3.46. The Morgan fingerprint density at radius 3 is 2.93 bits per heavy atom. The molecule has 2 rings (SSSR count). The second kappa shape index (κ2) is 3.54. The largest absolute Gasteiger partial charge is 0.382 e. The number of benzene rings is 1. The number of aromatic nitrogens is 2. The molecule has 0 saturated heterocycles. The van der Waals surface area contributed by atoms with E-state index in [0.29, 0.717) is 5.82 Å². The Bertz CT molecular complexity index is 432. The van der Waals surface area contributed by atoms with E-state index in [2.05, 4.69) is 36.2 Å². The van der Waals surface area contributed by atoms with Gasteiger partial charge in [-0.25, -0.2) is 4.98 Å². The Balaban J connectivity index is 2.18. The van der Waals surface area contributed by atoms with Gasteiger partial charge in [0, 0.05) is 12.7 Å². The average molecular weight is 187 g/mol. The molecule has 3 nitrogen and oxygen atoms in total. The zero-order valence-corrected chi connectivity index (χ0v) is 8.14. The average Bonchev–Trinajstić information content (AvgIpc) is 2.51. The van der Waals surface area contributed by atoms with Crippen LogP contribution in [0.3, 0.4) is 0 Å². The third-order valence-corrected chi connectivity index (χ3v) is 2.10. The highest BCUT2D eigenvalue weighted by atomic mass is 15.1. The highest BCUT2D eigenvalue weighted by Gasteiger charge is 1.96.